The zero-order chi connectivity index (χ0) is 20.6. The molecule has 3 heteroatoms. The molecule has 2 aromatic carbocycles. The fourth-order valence-electron chi connectivity index (χ4n) is 1.42. The van der Waals surface area contributed by atoms with E-state index in [1.54, 1.807) is 13.8 Å². The van der Waals surface area contributed by atoms with Crippen molar-refractivity contribution >= 4 is 10.8 Å². The Balaban J connectivity index is 2.57. The molecule has 0 radical (unpaired) electrons. The minimum Gasteiger partial charge on any atom is -0.490 e. The molecule has 102 valence electrons. The van der Waals surface area contributed by atoms with Crippen molar-refractivity contribution in [1.29, 1.82) is 0 Å². The minimum atomic E-state index is -1.28. The van der Waals surface area contributed by atoms with Gasteiger partial charge in [0.05, 0.1) is 9.60 Å². The maximum Gasteiger partial charge on any atom is 0.127 e. The number of rotatable bonds is 6. The van der Waals surface area contributed by atoms with Crippen molar-refractivity contribution in [3.8, 4) is 5.75 Å². The number of hydrogen-bond donors (Lipinski definition) is 2. The highest BCUT2D eigenvalue weighted by molar-refractivity contribution is 5.88. The minimum absolute atomic E-state index is 0.0516. The first kappa shape index (κ1) is 6.73. The number of hydrogen-bond acceptors (Lipinski definition) is 3. The largest absolute Gasteiger partial charge is 0.490 e. The SMILES string of the molecule is [2H]c1c([2H])c([2H])c2c(OCC(O)C([2H])NC(C)C)c([2H])c([2H])c([2H])c2c1[2H]. The molecule has 0 aromatic heterocycles. The van der Waals surface area contributed by atoms with Gasteiger partial charge in [-0.2, -0.15) is 0 Å². The van der Waals surface area contributed by atoms with Gasteiger partial charge in [-0.1, -0.05) is 50.1 Å². The van der Waals surface area contributed by atoms with Gasteiger partial charge in [0.15, 0.2) is 0 Å². The number of ether oxygens (including phenoxy) is 1. The van der Waals surface area contributed by atoms with E-state index in [0.717, 1.165) is 0 Å². The Labute approximate surface area is 125 Å². The second kappa shape index (κ2) is 6.55. The molecule has 0 aliphatic rings. The van der Waals surface area contributed by atoms with Crippen LogP contribution < -0.4 is 10.1 Å². The Kier molecular flexibility index (Phi) is 2.32. The summed E-state index contributed by atoms with van der Waals surface area (Å²) in [6, 6.07) is -3.66. The van der Waals surface area contributed by atoms with Crippen LogP contribution in [0, 0.1) is 0 Å². The highest BCUT2D eigenvalue weighted by Crippen LogP contribution is 2.25. The Bertz CT molecular complexity index is 866. The van der Waals surface area contributed by atoms with Gasteiger partial charge in [-0.3, -0.25) is 0 Å². The van der Waals surface area contributed by atoms with Crippen LogP contribution in [0.3, 0.4) is 0 Å². The summed E-state index contributed by atoms with van der Waals surface area (Å²) in [5.41, 5.74) is 0. The number of nitrogens with one attached hydrogen (secondary N) is 1. The maximum absolute atomic E-state index is 10.1. The van der Waals surface area contributed by atoms with E-state index < -0.39 is 61.5 Å². The second-order valence-corrected chi connectivity index (χ2v) is 4.32. The van der Waals surface area contributed by atoms with Gasteiger partial charge in [0.25, 0.3) is 0 Å². The summed E-state index contributed by atoms with van der Waals surface area (Å²) in [6.45, 7) is 2.12. The van der Waals surface area contributed by atoms with E-state index in [0.29, 0.717) is 0 Å². The smallest absolute Gasteiger partial charge is 0.127 e. The van der Waals surface area contributed by atoms with E-state index in [1.807, 2.05) is 0 Å². The summed E-state index contributed by atoms with van der Waals surface area (Å²) in [4.78, 5) is 0. The molecular formula is C16H21NO2. The van der Waals surface area contributed by atoms with Gasteiger partial charge in [0.2, 0.25) is 0 Å². The predicted octanol–water partition coefficient (Wildman–Crippen LogP) is 2.58. The van der Waals surface area contributed by atoms with Crippen molar-refractivity contribution in [2.75, 3.05) is 13.1 Å². The van der Waals surface area contributed by atoms with Gasteiger partial charge in [0, 0.05) is 19.3 Å². The Morgan fingerprint density at radius 1 is 1.26 bits per heavy atom. The number of aliphatic hydroxyl groups is 1. The van der Waals surface area contributed by atoms with E-state index in [2.05, 4.69) is 5.32 Å². The van der Waals surface area contributed by atoms with Crippen LogP contribution in [-0.4, -0.2) is 30.4 Å². The summed E-state index contributed by atoms with van der Waals surface area (Å²) >= 11 is 0. The van der Waals surface area contributed by atoms with Gasteiger partial charge < -0.3 is 15.2 Å². The molecule has 0 spiro atoms. The normalized spacial score (nSPS) is 20.4. The molecule has 0 amide bonds. The molecule has 0 saturated heterocycles. The van der Waals surface area contributed by atoms with Gasteiger partial charge in [-0.15, -0.1) is 0 Å². The van der Waals surface area contributed by atoms with Gasteiger partial charge in [-0.25, -0.2) is 0 Å². The molecule has 0 bridgehead atoms. The zero-order valence-electron chi connectivity index (χ0n) is 18.8. The lowest BCUT2D eigenvalue weighted by Gasteiger charge is -2.15. The van der Waals surface area contributed by atoms with Gasteiger partial charge in [0.1, 0.15) is 18.5 Å². The summed E-state index contributed by atoms with van der Waals surface area (Å²) < 4.78 is 68.8. The molecular weight excluding hydrogens is 238 g/mol. The molecule has 0 aliphatic heterocycles. The molecule has 2 unspecified atom stereocenters. The molecule has 0 heterocycles. The summed E-state index contributed by atoms with van der Waals surface area (Å²) in [5, 5.41) is 12.5. The second-order valence-electron chi connectivity index (χ2n) is 4.32. The van der Waals surface area contributed by atoms with E-state index in [1.165, 1.54) is 0 Å². The fourth-order valence-corrected chi connectivity index (χ4v) is 1.42. The third kappa shape index (κ3) is 3.94. The van der Waals surface area contributed by atoms with Crippen LogP contribution in [0.2, 0.25) is 0 Å². The summed E-state index contributed by atoms with van der Waals surface area (Å²) in [6.07, 6.45) is -1.28. The summed E-state index contributed by atoms with van der Waals surface area (Å²) in [5.74, 6) is -0.311. The Hall–Kier alpha value is -1.58. The molecule has 2 atom stereocenters. The number of aliphatic hydroxyl groups excluding tert-OH is 1. The molecule has 3 nitrogen and oxygen atoms in total. The van der Waals surface area contributed by atoms with Crippen molar-refractivity contribution < 1.29 is 20.8 Å². The first-order valence-corrected chi connectivity index (χ1v) is 5.97. The molecule has 0 saturated carbocycles. The lowest BCUT2D eigenvalue weighted by molar-refractivity contribution is 0.105. The van der Waals surface area contributed by atoms with Gasteiger partial charge in [-0.05, 0) is 11.4 Å². The van der Waals surface area contributed by atoms with Crippen LogP contribution in [0.1, 0.15) is 24.8 Å². The molecule has 19 heavy (non-hydrogen) atoms. The van der Waals surface area contributed by atoms with Crippen molar-refractivity contribution in [1.82, 2.24) is 5.32 Å². The molecule has 0 fully saturated rings. The molecule has 2 N–H and O–H groups in total. The van der Waals surface area contributed by atoms with Crippen molar-refractivity contribution in [2.24, 2.45) is 0 Å². The zero-order valence-corrected chi connectivity index (χ0v) is 10.8. The van der Waals surface area contributed by atoms with E-state index in [9.17, 15) is 5.11 Å². The van der Waals surface area contributed by atoms with Crippen LogP contribution in [0.25, 0.3) is 10.8 Å². The molecule has 0 aliphatic carbocycles. The van der Waals surface area contributed by atoms with E-state index >= 15 is 0 Å². The molecule has 2 aromatic rings. The predicted molar refractivity (Wildman–Crippen MR) is 78.6 cm³/mol. The van der Waals surface area contributed by atoms with Crippen LogP contribution in [-0.2, 0) is 0 Å². The van der Waals surface area contributed by atoms with Crippen LogP contribution >= 0.6 is 0 Å². The topological polar surface area (TPSA) is 41.5 Å². The van der Waals surface area contributed by atoms with E-state index in [-0.39, 0.29) is 22.6 Å². The maximum atomic E-state index is 10.1. The lowest BCUT2D eigenvalue weighted by atomic mass is 10.1. The van der Waals surface area contributed by atoms with Gasteiger partial charge >= 0.3 is 0 Å². The van der Waals surface area contributed by atoms with Crippen LogP contribution in [0.4, 0.5) is 0 Å². The first-order valence-electron chi connectivity index (χ1n) is 10.1. The van der Waals surface area contributed by atoms with Crippen LogP contribution in [0.15, 0.2) is 42.3 Å². The quantitative estimate of drug-likeness (QED) is 0.845. The van der Waals surface area contributed by atoms with E-state index in [4.69, 9.17) is 15.7 Å². The summed E-state index contributed by atoms with van der Waals surface area (Å²) in [7, 11) is 0. The third-order valence-electron chi connectivity index (χ3n) is 2.30. The Morgan fingerprint density at radius 2 is 2.00 bits per heavy atom. The molecule has 2 rings (SSSR count). The third-order valence-corrected chi connectivity index (χ3v) is 2.30. The average Bonchev–Trinajstić information content (AvgIpc) is 2.60. The van der Waals surface area contributed by atoms with Crippen LogP contribution in [0.5, 0.6) is 5.75 Å². The lowest BCUT2D eigenvalue weighted by Crippen LogP contribution is -2.35. The fraction of sp³-hybridized carbons (Fsp3) is 0.375. The monoisotopic (exact) mass is 267 g/mol. The van der Waals surface area contributed by atoms with Crippen molar-refractivity contribution in [3.63, 3.8) is 0 Å². The van der Waals surface area contributed by atoms with Crippen molar-refractivity contribution in [3.05, 3.63) is 42.3 Å². The number of fused-ring (bicyclic) bond motifs is 1. The standard InChI is InChI=1S/C16H21NO2/c1-12(2)17-10-14(18)11-19-16-9-5-7-13-6-3-4-8-15(13)16/h3-9,12,14,17-18H,10-11H2,1-2H3/i3D,4D,5D,6D,7D,8D,9D,10D. The highest BCUT2D eigenvalue weighted by Gasteiger charge is 2.07. The average molecular weight is 267 g/mol. The number of benzene rings is 2. The Morgan fingerprint density at radius 3 is 2.79 bits per heavy atom. The van der Waals surface area contributed by atoms with Crippen molar-refractivity contribution in [2.45, 2.75) is 26.0 Å². The highest BCUT2D eigenvalue weighted by atomic mass is 16.5. The first-order chi connectivity index (χ1) is 12.5.